The molecule has 6 heteroatoms. The maximum Gasteiger partial charge on any atom is 0.212 e. The highest BCUT2D eigenvalue weighted by Gasteiger charge is 2.25. The Morgan fingerprint density at radius 1 is 1.32 bits per heavy atom. The Kier molecular flexibility index (Phi) is 6.29. The number of nitrogens with zero attached hydrogens (tertiary/aromatic N) is 2. The van der Waals surface area contributed by atoms with Gasteiger partial charge in [0.1, 0.15) is 19.4 Å². The van der Waals surface area contributed by atoms with Gasteiger partial charge in [0.2, 0.25) is 5.90 Å². The SMILES string of the molecule is COC(C)CCc1ccc2c(c1)CCN1CN=C(OC[C@@H]3COCCO3)C=C21. The molecule has 1 unspecified atom stereocenters. The van der Waals surface area contributed by atoms with Gasteiger partial charge in [-0.15, -0.1) is 0 Å². The van der Waals surface area contributed by atoms with Gasteiger partial charge in [-0.3, -0.25) is 0 Å². The van der Waals surface area contributed by atoms with Crippen molar-refractivity contribution in [1.82, 2.24) is 4.90 Å². The first-order valence-electron chi connectivity index (χ1n) is 10.2. The molecule has 3 heterocycles. The van der Waals surface area contributed by atoms with Crippen molar-refractivity contribution in [2.24, 2.45) is 4.99 Å². The molecule has 0 aromatic heterocycles. The fourth-order valence-corrected chi connectivity index (χ4v) is 3.83. The van der Waals surface area contributed by atoms with Gasteiger partial charge in [-0.05, 0) is 37.3 Å². The zero-order chi connectivity index (χ0) is 19.3. The highest BCUT2D eigenvalue weighted by atomic mass is 16.6. The van der Waals surface area contributed by atoms with Crippen molar-refractivity contribution in [3.05, 3.63) is 41.0 Å². The molecule has 0 aliphatic carbocycles. The van der Waals surface area contributed by atoms with Crippen LogP contribution in [0, 0.1) is 0 Å². The van der Waals surface area contributed by atoms with E-state index in [0.717, 1.165) is 25.8 Å². The van der Waals surface area contributed by atoms with Gasteiger partial charge in [-0.1, -0.05) is 18.2 Å². The first-order chi connectivity index (χ1) is 13.7. The number of methoxy groups -OCH3 is 1. The number of aliphatic imine (C=N–C) groups is 1. The van der Waals surface area contributed by atoms with E-state index in [1.807, 2.05) is 0 Å². The highest BCUT2D eigenvalue weighted by Crippen LogP contribution is 2.31. The lowest BCUT2D eigenvalue weighted by Gasteiger charge is -2.35. The molecule has 2 atom stereocenters. The van der Waals surface area contributed by atoms with Crippen LogP contribution in [0.1, 0.15) is 30.0 Å². The smallest absolute Gasteiger partial charge is 0.212 e. The van der Waals surface area contributed by atoms with E-state index >= 15 is 0 Å². The molecule has 28 heavy (non-hydrogen) atoms. The quantitative estimate of drug-likeness (QED) is 0.752. The maximum atomic E-state index is 5.92. The van der Waals surface area contributed by atoms with Gasteiger partial charge in [0.05, 0.1) is 31.6 Å². The average molecular weight is 386 g/mol. The van der Waals surface area contributed by atoms with Crippen LogP contribution in [0.15, 0.2) is 29.3 Å². The van der Waals surface area contributed by atoms with Gasteiger partial charge in [-0.25, -0.2) is 4.99 Å². The van der Waals surface area contributed by atoms with Crippen LogP contribution in [0.5, 0.6) is 0 Å². The molecule has 1 aromatic carbocycles. The molecular formula is C22H30N2O4. The van der Waals surface area contributed by atoms with Gasteiger partial charge in [0.15, 0.2) is 0 Å². The molecule has 0 spiro atoms. The van der Waals surface area contributed by atoms with E-state index in [4.69, 9.17) is 18.9 Å². The Balaban J connectivity index is 1.43. The van der Waals surface area contributed by atoms with E-state index in [-0.39, 0.29) is 6.10 Å². The summed E-state index contributed by atoms with van der Waals surface area (Å²) in [6, 6.07) is 6.85. The van der Waals surface area contributed by atoms with E-state index in [1.165, 1.54) is 22.4 Å². The van der Waals surface area contributed by atoms with Crippen molar-refractivity contribution in [2.75, 3.05) is 46.8 Å². The van der Waals surface area contributed by atoms with Gasteiger partial charge in [-0.2, -0.15) is 0 Å². The number of hydrogen-bond donors (Lipinski definition) is 0. The largest absolute Gasteiger partial charge is 0.475 e. The van der Waals surface area contributed by atoms with Crippen molar-refractivity contribution in [2.45, 2.75) is 38.4 Å². The van der Waals surface area contributed by atoms with Crippen LogP contribution in [0.2, 0.25) is 0 Å². The molecule has 6 nitrogen and oxygen atoms in total. The summed E-state index contributed by atoms with van der Waals surface area (Å²) in [5.41, 5.74) is 5.30. The van der Waals surface area contributed by atoms with E-state index in [2.05, 4.69) is 41.1 Å². The number of benzene rings is 1. The van der Waals surface area contributed by atoms with Gasteiger partial charge in [0, 0.05) is 25.3 Å². The van der Waals surface area contributed by atoms with Crippen LogP contribution in [0.25, 0.3) is 5.70 Å². The summed E-state index contributed by atoms with van der Waals surface area (Å²) in [6.45, 7) is 6.13. The molecule has 1 aromatic rings. The second-order valence-electron chi connectivity index (χ2n) is 7.64. The number of rotatable bonds is 6. The third kappa shape index (κ3) is 4.57. The second-order valence-corrected chi connectivity index (χ2v) is 7.64. The third-order valence-electron chi connectivity index (χ3n) is 5.64. The molecular weight excluding hydrogens is 356 g/mol. The summed E-state index contributed by atoms with van der Waals surface area (Å²) in [5, 5.41) is 0. The number of ether oxygens (including phenoxy) is 4. The summed E-state index contributed by atoms with van der Waals surface area (Å²) in [6.07, 6.45) is 5.49. The monoisotopic (exact) mass is 386 g/mol. The molecule has 0 N–H and O–H groups in total. The highest BCUT2D eigenvalue weighted by molar-refractivity contribution is 5.96. The topological polar surface area (TPSA) is 52.5 Å². The van der Waals surface area contributed by atoms with Crippen LogP contribution in [-0.2, 0) is 31.8 Å². The Morgan fingerprint density at radius 2 is 2.25 bits per heavy atom. The molecule has 3 aliphatic heterocycles. The predicted molar refractivity (Wildman–Crippen MR) is 108 cm³/mol. The molecule has 1 fully saturated rings. The van der Waals surface area contributed by atoms with Crippen LogP contribution < -0.4 is 0 Å². The van der Waals surface area contributed by atoms with E-state index < -0.39 is 0 Å². The fraction of sp³-hybridized carbons (Fsp3) is 0.591. The Morgan fingerprint density at radius 3 is 3.07 bits per heavy atom. The van der Waals surface area contributed by atoms with Gasteiger partial charge < -0.3 is 23.8 Å². The fourth-order valence-electron chi connectivity index (χ4n) is 3.83. The number of fused-ring (bicyclic) bond motifs is 3. The molecule has 1 saturated heterocycles. The van der Waals surface area contributed by atoms with Crippen LogP contribution >= 0.6 is 0 Å². The summed E-state index contributed by atoms with van der Waals surface area (Å²) in [7, 11) is 1.77. The summed E-state index contributed by atoms with van der Waals surface area (Å²) >= 11 is 0. The first kappa shape index (κ1) is 19.4. The predicted octanol–water partition coefficient (Wildman–Crippen LogP) is 2.65. The Bertz CT molecular complexity index is 740. The summed E-state index contributed by atoms with van der Waals surface area (Å²) in [5.74, 6) is 0.686. The van der Waals surface area contributed by atoms with Crippen molar-refractivity contribution < 1.29 is 18.9 Å². The summed E-state index contributed by atoms with van der Waals surface area (Å²) < 4.78 is 22.4. The maximum absolute atomic E-state index is 5.92. The molecule has 0 saturated carbocycles. The third-order valence-corrected chi connectivity index (χ3v) is 5.64. The number of hydrogen-bond acceptors (Lipinski definition) is 6. The van der Waals surface area contributed by atoms with Gasteiger partial charge >= 0.3 is 0 Å². The minimum Gasteiger partial charge on any atom is -0.475 e. The van der Waals surface area contributed by atoms with Crippen molar-refractivity contribution >= 4 is 11.6 Å². The van der Waals surface area contributed by atoms with E-state index in [0.29, 0.717) is 45.1 Å². The van der Waals surface area contributed by atoms with E-state index in [9.17, 15) is 0 Å². The first-order valence-corrected chi connectivity index (χ1v) is 10.2. The molecule has 0 bridgehead atoms. The van der Waals surface area contributed by atoms with Crippen LogP contribution in [0.3, 0.4) is 0 Å². The van der Waals surface area contributed by atoms with Crippen molar-refractivity contribution in [1.29, 1.82) is 0 Å². The zero-order valence-electron chi connectivity index (χ0n) is 16.9. The molecule has 0 amide bonds. The molecule has 4 rings (SSSR count). The minimum absolute atomic E-state index is 0.0106. The Hall–Kier alpha value is -1.89. The lowest BCUT2D eigenvalue weighted by Crippen LogP contribution is -2.35. The van der Waals surface area contributed by atoms with Crippen molar-refractivity contribution in [3.63, 3.8) is 0 Å². The standard InChI is InChI=1S/C22H30N2O4/c1-16(25-2)3-4-17-5-6-20-18(11-17)7-8-24-15-23-22(12-21(20)24)28-14-19-13-26-9-10-27-19/h5-6,11-12,16,19H,3-4,7-10,13-15H2,1-2H3/t16?,19-/m0/s1. The Labute approximate surface area is 167 Å². The van der Waals surface area contributed by atoms with Crippen LogP contribution in [0.4, 0.5) is 0 Å². The molecule has 152 valence electrons. The second kappa shape index (κ2) is 9.07. The van der Waals surface area contributed by atoms with Gasteiger partial charge in [0.25, 0.3) is 0 Å². The lowest BCUT2D eigenvalue weighted by molar-refractivity contribution is -0.103. The summed E-state index contributed by atoms with van der Waals surface area (Å²) in [4.78, 5) is 6.90. The lowest BCUT2D eigenvalue weighted by atomic mass is 9.92. The normalized spacial score (nSPS) is 22.6. The minimum atomic E-state index is -0.0106. The number of aryl methyl sites for hydroxylation is 1. The average Bonchev–Trinajstić information content (AvgIpc) is 2.76. The molecule has 0 radical (unpaired) electrons. The van der Waals surface area contributed by atoms with Crippen molar-refractivity contribution in [3.8, 4) is 0 Å². The van der Waals surface area contributed by atoms with E-state index in [1.54, 1.807) is 7.11 Å². The zero-order valence-corrected chi connectivity index (χ0v) is 16.9. The molecule has 3 aliphatic rings. The van der Waals surface area contributed by atoms with Crippen LogP contribution in [-0.4, -0.2) is 69.8 Å².